The van der Waals surface area contributed by atoms with Crippen LogP contribution >= 0.6 is 11.6 Å². The number of amides is 2. The third kappa shape index (κ3) is 4.12. The second-order valence-electron chi connectivity index (χ2n) is 7.97. The summed E-state index contributed by atoms with van der Waals surface area (Å²) in [5.74, 6) is -0.946. The van der Waals surface area contributed by atoms with Gasteiger partial charge in [0.05, 0.1) is 10.4 Å². The maximum atomic E-state index is 13.7. The molecule has 3 aliphatic rings. The van der Waals surface area contributed by atoms with Gasteiger partial charge in [-0.2, -0.15) is 0 Å². The zero-order valence-electron chi connectivity index (χ0n) is 16.1. The van der Waals surface area contributed by atoms with Gasteiger partial charge in [-0.15, -0.1) is 0 Å². The number of benzene rings is 2. The molecule has 3 aliphatic carbocycles. The van der Waals surface area contributed by atoms with Gasteiger partial charge in [-0.1, -0.05) is 29.8 Å². The van der Waals surface area contributed by atoms with E-state index in [4.69, 9.17) is 16.3 Å². The number of halogens is 3. The fourth-order valence-corrected chi connectivity index (χ4v) is 4.52. The van der Waals surface area contributed by atoms with Gasteiger partial charge in [-0.3, -0.25) is 9.59 Å². The summed E-state index contributed by atoms with van der Waals surface area (Å²) in [6, 6.07) is 10.2. The lowest BCUT2D eigenvalue weighted by atomic mass is 9.69. The van der Waals surface area contributed by atoms with Crippen LogP contribution in [0.4, 0.5) is 8.78 Å². The van der Waals surface area contributed by atoms with Crippen molar-refractivity contribution in [2.45, 2.75) is 31.8 Å². The minimum Gasteiger partial charge on any atom is -0.484 e. The molecular formula is C22H21ClF2N2O3. The van der Waals surface area contributed by atoms with E-state index < -0.39 is 11.2 Å². The molecule has 5 rings (SSSR count). The molecule has 0 aromatic heterocycles. The summed E-state index contributed by atoms with van der Waals surface area (Å²) in [5.41, 5.74) is -0.0645. The van der Waals surface area contributed by atoms with Crippen LogP contribution in [0, 0.1) is 23.0 Å². The molecule has 0 heterocycles. The van der Waals surface area contributed by atoms with Gasteiger partial charge in [0.2, 0.25) is 5.91 Å². The van der Waals surface area contributed by atoms with Crippen LogP contribution < -0.4 is 15.4 Å². The predicted molar refractivity (Wildman–Crippen MR) is 107 cm³/mol. The van der Waals surface area contributed by atoms with Crippen LogP contribution in [0.2, 0.25) is 5.02 Å². The second-order valence-corrected chi connectivity index (χ2v) is 8.37. The fourth-order valence-electron chi connectivity index (χ4n) is 4.40. The molecule has 0 unspecified atom stereocenters. The minimum atomic E-state index is -0.616. The molecule has 2 aromatic rings. The Labute approximate surface area is 177 Å². The zero-order chi connectivity index (χ0) is 21.3. The number of nitrogens with one attached hydrogen (secondary N) is 2. The monoisotopic (exact) mass is 434 g/mol. The lowest BCUT2D eigenvalue weighted by molar-refractivity contribution is -0.135. The normalized spacial score (nSPS) is 24.1. The van der Waals surface area contributed by atoms with Crippen molar-refractivity contribution < 1.29 is 23.1 Å². The second kappa shape index (κ2) is 8.22. The van der Waals surface area contributed by atoms with Crippen LogP contribution in [0.5, 0.6) is 5.75 Å². The first kappa shape index (κ1) is 20.6. The van der Waals surface area contributed by atoms with E-state index in [0.29, 0.717) is 24.8 Å². The number of rotatable bonds is 7. The Hall–Kier alpha value is -2.67. The van der Waals surface area contributed by atoms with Gasteiger partial charge in [0.25, 0.3) is 5.91 Å². The van der Waals surface area contributed by atoms with Crippen molar-refractivity contribution >= 4 is 23.4 Å². The highest BCUT2D eigenvalue weighted by Gasteiger charge is 2.60. The van der Waals surface area contributed by atoms with Gasteiger partial charge < -0.3 is 15.4 Å². The average Bonchev–Trinajstić information content (AvgIpc) is 3.23. The third-order valence-electron chi connectivity index (χ3n) is 5.97. The molecule has 3 saturated carbocycles. The molecular weight excluding hydrogens is 414 g/mol. The number of hydrogen-bond donors (Lipinski definition) is 2. The first-order chi connectivity index (χ1) is 14.4. The zero-order valence-corrected chi connectivity index (χ0v) is 16.8. The average molecular weight is 435 g/mol. The van der Waals surface area contributed by atoms with Gasteiger partial charge in [0, 0.05) is 24.2 Å². The molecule has 0 aliphatic heterocycles. The van der Waals surface area contributed by atoms with Crippen molar-refractivity contribution in [1.29, 1.82) is 0 Å². The summed E-state index contributed by atoms with van der Waals surface area (Å²) in [7, 11) is 0. The van der Waals surface area contributed by atoms with E-state index in [1.54, 1.807) is 18.2 Å². The maximum Gasteiger partial charge on any atom is 0.258 e. The summed E-state index contributed by atoms with van der Waals surface area (Å²) in [6.45, 7) is -0.114. The highest BCUT2D eigenvalue weighted by molar-refractivity contribution is 6.30. The van der Waals surface area contributed by atoms with Gasteiger partial charge >= 0.3 is 0 Å². The van der Waals surface area contributed by atoms with Crippen LogP contribution in [0.1, 0.15) is 24.8 Å². The van der Waals surface area contributed by atoms with Crippen LogP contribution in [0.15, 0.2) is 42.5 Å². The number of carbonyl (C=O) groups is 2. The van der Waals surface area contributed by atoms with Gasteiger partial charge in [-0.25, -0.2) is 8.78 Å². The van der Waals surface area contributed by atoms with E-state index in [2.05, 4.69) is 10.6 Å². The van der Waals surface area contributed by atoms with Crippen LogP contribution in [0.3, 0.4) is 0 Å². The number of hydrogen-bond acceptors (Lipinski definition) is 3. The quantitative estimate of drug-likeness (QED) is 0.699. The topological polar surface area (TPSA) is 67.4 Å². The van der Waals surface area contributed by atoms with Crippen molar-refractivity contribution in [2.75, 3.05) is 6.61 Å². The minimum absolute atomic E-state index is 0.0175. The molecule has 158 valence electrons. The fraction of sp³-hybridized carbons (Fsp3) is 0.364. The Morgan fingerprint density at radius 3 is 2.60 bits per heavy atom. The molecule has 0 radical (unpaired) electrons. The lowest BCUT2D eigenvalue weighted by Crippen LogP contribution is -2.44. The Morgan fingerprint density at radius 2 is 1.87 bits per heavy atom. The van der Waals surface area contributed by atoms with E-state index in [0.717, 1.165) is 6.07 Å². The molecule has 0 spiro atoms. The molecule has 30 heavy (non-hydrogen) atoms. The lowest BCUT2D eigenvalue weighted by Gasteiger charge is -2.36. The molecule has 2 amide bonds. The van der Waals surface area contributed by atoms with Gasteiger partial charge in [-0.05, 0) is 43.4 Å². The third-order valence-corrected chi connectivity index (χ3v) is 6.28. The largest absolute Gasteiger partial charge is 0.484 e. The smallest absolute Gasteiger partial charge is 0.258 e. The van der Waals surface area contributed by atoms with E-state index in [1.165, 1.54) is 18.2 Å². The summed E-state index contributed by atoms with van der Waals surface area (Å²) in [6.07, 6.45) is 1.94. The standard InChI is InChI=1S/C22H21ClF2N2O3/c23-16-6-5-15(7-18(16)25)30-12-20(28)27-19-10-22(8-14(19)9-22)21(29)26-11-13-3-1-2-4-17(13)24/h1-7,14,19H,8-12H2,(H,26,29)(H,27,28)/t14?,19-,22?/m0/s1. The number of ether oxygens (including phenoxy) is 1. The van der Waals surface area contributed by atoms with Crippen molar-refractivity contribution in [3.63, 3.8) is 0 Å². The maximum absolute atomic E-state index is 13.7. The van der Waals surface area contributed by atoms with E-state index in [9.17, 15) is 18.4 Å². The summed E-state index contributed by atoms with van der Waals surface area (Å²) in [4.78, 5) is 24.9. The Balaban J connectivity index is 1.25. The summed E-state index contributed by atoms with van der Waals surface area (Å²) >= 11 is 5.62. The Morgan fingerprint density at radius 1 is 1.10 bits per heavy atom. The Kier molecular flexibility index (Phi) is 5.64. The number of fused-ring (bicyclic) bond motifs is 1. The van der Waals surface area contributed by atoms with Crippen LogP contribution in [-0.4, -0.2) is 24.5 Å². The highest BCUT2D eigenvalue weighted by Crippen LogP contribution is 2.58. The first-order valence-corrected chi connectivity index (χ1v) is 10.1. The predicted octanol–water partition coefficient (Wildman–Crippen LogP) is 3.60. The van der Waals surface area contributed by atoms with Crippen molar-refractivity contribution in [1.82, 2.24) is 10.6 Å². The molecule has 0 saturated heterocycles. The van der Waals surface area contributed by atoms with Gasteiger partial charge in [0.1, 0.15) is 17.4 Å². The molecule has 2 N–H and O–H groups in total. The van der Waals surface area contributed by atoms with Crippen LogP contribution in [0.25, 0.3) is 0 Å². The van der Waals surface area contributed by atoms with Gasteiger partial charge in [0.15, 0.2) is 6.61 Å². The van der Waals surface area contributed by atoms with Crippen LogP contribution in [-0.2, 0) is 16.1 Å². The molecule has 8 heteroatoms. The van der Waals surface area contributed by atoms with E-state index >= 15 is 0 Å². The van der Waals surface area contributed by atoms with E-state index in [-0.39, 0.29) is 53.5 Å². The molecule has 2 bridgehead atoms. The first-order valence-electron chi connectivity index (χ1n) is 9.75. The molecule has 1 atom stereocenters. The SMILES string of the molecule is O=C(COc1ccc(Cl)c(F)c1)N[C@H]1CC2(C(=O)NCc3ccccc3F)CC1C2. The van der Waals surface area contributed by atoms with E-state index in [1.807, 2.05) is 0 Å². The van der Waals surface area contributed by atoms with Crippen molar-refractivity contribution in [3.05, 3.63) is 64.7 Å². The molecule has 5 nitrogen and oxygen atoms in total. The molecule has 2 aromatic carbocycles. The highest BCUT2D eigenvalue weighted by atomic mass is 35.5. The Bertz CT molecular complexity index is 979. The van der Waals surface area contributed by atoms with Crippen molar-refractivity contribution in [2.24, 2.45) is 11.3 Å². The summed E-state index contributed by atoms with van der Waals surface area (Å²) in [5, 5.41) is 5.72. The molecule has 3 fully saturated rings. The number of carbonyl (C=O) groups excluding carboxylic acids is 2. The summed E-state index contributed by atoms with van der Waals surface area (Å²) < 4.78 is 32.5. The van der Waals surface area contributed by atoms with Crippen molar-refractivity contribution in [3.8, 4) is 5.75 Å².